The Kier molecular flexibility index (Phi) is 3.07. The first-order valence-corrected chi connectivity index (χ1v) is 11.4. The molecule has 4 saturated carbocycles. The molecule has 0 unspecified atom stereocenters. The molecular weight excluding hydrogens is 332 g/mol. The van der Waals surface area contributed by atoms with E-state index in [9.17, 15) is 4.79 Å². The van der Waals surface area contributed by atoms with E-state index in [0.717, 1.165) is 12.8 Å². The van der Waals surface area contributed by atoms with Gasteiger partial charge < -0.3 is 4.74 Å². The Balaban J connectivity index is 1.45. The molecule has 9 aliphatic rings. The number of hydrogen-bond acceptors (Lipinski definition) is 2. The van der Waals surface area contributed by atoms with Gasteiger partial charge in [0.05, 0.1) is 12.0 Å². The molecule has 9 rings (SSSR count). The average Bonchev–Trinajstić information content (AvgIpc) is 2.80. The fourth-order valence-electron chi connectivity index (χ4n) is 9.10. The number of rotatable bonds is 1. The number of allylic oxidation sites excluding steroid dienone is 4. The van der Waals surface area contributed by atoms with E-state index in [1.165, 1.54) is 44.9 Å². The van der Waals surface area contributed by atoms with E-state index in [4.69, 9.17) is 4.74 Å². The second-order valence-electron chi connectivity index (χ2n) is 11.7. The highest BCUT2D eigenvalue weighted by molar-refractivity contribution is 5.81. The van der Waals surface area contributed by atoms with E-state index >= 15 is 0 Å². The maximum Gasteiger partial charge on any atom is 0.312 e. The first-order valence-electron chi connectivity index (χ1n) is 11.4. The third-order valence-electron chi connectivity index (χ3n) is 10.2. The quantitative estimate of drug-likeness (QED) is 0.546. The topological polar surface area (TPSA) is 26.3 Å². The minimum atomic E-state index is -0.178. The lowest BCUT2D eigenvalue weighted by molar-refractivity contribution is -0.282. The van der Waals surface area contributed by atoms with Gasteiger partial charge in [0.2, 0.25) is 0 Å². The summed E-state index contributed by atoms with van der Waals surface area (Å²) >= 11 is 0. The van der Waals surface area contributed by atoms with Gasteiger partial charge in [0.1, 0.15) is 0 Å². The summed E-state index contributed by atoms with van der Waals surface area (Å²) in [5.74, 6) is 1.99. The lowest BCUT2D eigenvalue weighted by Crippen LogP contribution is -2.73. The molecule has 0 N–H and O–H groups in total. The van der Waals surface area contributed by atoms with Crippen LogP contribution in [0.3, 0.4) is 0 Å². The summed E-state index contributed by atoms with van der Waals surface area (Å²) in [6.07, 6.45) is 16.1. The predicted molar refractivity (Wildman–Crippen MR) is 106 cm³/mol. The van der Waals surface area contributed by atoms with Crippen LogP contribution in [0.25, 0.3) is 0 Å². The summed E-state index contributed by atoms with van der Waals surface area (Å²) in [6.45, 7) is 7.92. The zero-order chi connectivity index (χ0) is 18.7. The number of ether oxygens (including phenoxy) is 1. The highest BCUT2D eigenvalue weighted by atomic mass is 16.5. The molecule has 0 aromatic heterocycles. The Morgan fingerprint density at radius 1 is 1.19 bits per heavy atom. The average molecular weight is 367 g/mol. The number of carbonyl (C=O) groups excluding carboxylic acids is 1. The van der Waals surface area contributed by atoms with Crippen molar-refractivity contribution >= 4 is 5.97 Å². The van der Waals surface area contributed by atoms with Crippen LogP contribution in [0, 0.1) is 39.4 Å². The molecule has 0 aromatic carbocycles. The van der Waals surface area contributed by atoms with Gasteiger partial charge in [0.25, 0.3) is 0 Å². The molecule has 27 heavy (non-hydrogen) atoms. The molecule has 3 saturated heterocycles. The largest absolute Gasteiger partial charge is 0.465 e. The molecule has 6 aliphatic carbocycles. The van der Waals surface area contributed by atoms with Crippen molar-refractivity contribution in [1.82, 2.24) is 0 Å². The van der Waals surface area contributed by atoms with Gasteiger partial charge in [0, 0.05) is 5.41 Å². The van der Waals surface area contributed by atoms with Gasteiger partial charge in [-0.2, -0.15) is 0 Å². The summed E-state index contributed by atoms with van der Waals surface area (Å²) in [5, 5.41) is 0. The van der Waals surface area contributed by atoms with E-state index < -0.39 is 0 Å². The molecule has 3 aliphatic heterocycles. The van der Waals surface area contributed by atoms with E-state index in [0.29, 0.717) is 35.2 Å². The Morgan fingerprint density at radius 3 is 2.70 bits per heavy atom. The van der Waals surface area contributed by atoms with Gasteiger partial charge in [-0.15, -0.1) is 0 Å². The minimum Gasteiger partial charge on any atom is -0.465 e. The van der Waals surface area contributed by atoms with Crippen LogP contribution in [0.4, 0.5) is 0 Å². The molecule has 0 radical (unpaired) electrons. The van der Waals surface area contributed by atoms with Crippen LogP contribution in [0.2, 0.25) is 0 Å². The zero-order valence-electron chi connectivity index (χ0n) is 17.3. The van der Waals surface area contributed by atoms with Crippen molar-refractivity contribution in [3.63, 3.8) is 0 Å². The second-order valence-corrected chi connectivity index (χ2v) is 11.7. The van der Waals surface area contributed by atoms with E-state index in [-0.39, 0.29) is 16.8 Å². The van der Waals surface area contributed by atoms with Crippen molar-refractivity contribution in [3.05, 3.63) is 23.3 Å². The van der Waals surface area contributed by atoms with Crippen molar-refractivity contribution in [2.75, 3.05) is 6.61 Å². The van der Waals surface area contributed by atoms with Crippen molar-refractivity contribution < 1.29 is 9.53 Å². The van der Waals surface area contributed by atoms with Gasteiger partial charge >= 0.3 is 5.97 Å². The standard InChI is InChI=1S/C25H34O2/c1-16(2)17-5-7-19-18(11-17)6-8-20-22(19,3)9-4-10-25(20)21(26)27-15-23-12-24(25,13-23)14-23/h6,11,16,19-20H,4-5,7-10,12-15H2,1-3H3/t19-,20-,22-,23?,24?,25-/m1/s1. The maximum atomic E-state index is 13.5. The molecule has 1 spiro atoms. The van der Waals surface area contributed by atoms with Crippen LogP contribution < -0.4 is 0 Å². The SMILES string of the molecule is CC(C)C1=CC2=CC[C@@H]3[C@](C)(CCC[C@]34C(=O)OCC35CC4(C3)C5)[C@@H]2CC1. The van der Waals surface area contributed by atoms with Crippen molar-refractivity contribution in [3.8, 4) is 0 Å². The maximum absolute atomic E-state index is 13.5. The fourth-order valence-corrected chi connectivity index (χ4v) is 9.10. The van der Waals surface area contributed by atoms with Gasteiger partial charge in [-0.3, -0.25) is 4.79 Å². The fraction of sp³-hybridized carbons (Fsp3) is 0.800. The van der Waals surface area contributed by atoms with Crippen molar-refractivity contribution in [1.29, 1.82) is 0 Å². The second kappa shape index (κ2) is 4.92. The summed E-state index contributed by atoms with van der Waals surface area (Å²) in [7, 11) is 0. The number of esters is 1. The van der Waals surface area contributed by atoms with E-state index in [1.807, 2.05) is 0 Å². The molecule has 146 valence electrons. The molecule has 0 aromatic rings. The van der Waals surface area contributed by atoms with E-state index in [2.05, 4.69) is 32.9 Å². The third-order valence-corrected chi connectivity index (χ3v) is 10.2. The Hall–Kier alpha value is -1.05. The van der Waals surface area contributed by atoms with Gasteiger partial charge in [-0.05, 0) is 85.5 Å². The van der Waals surface area contributed by atoms with Gasteiger partial charge in [0.15, 0.2) is 0 Å². The first-order chi connectivity index (χ1) is 12.8. The molecule has 2 heteroatoms. The lowest BCUT2D eigenvalue weighted by Gasteiger charge is -2.76. The predicted octanol–water partition coefficient (Wildman–Crippen LogP) is 5.83. The zero-order valence-corrected chi connectivity index (χ0v) is 17.3. The van der Waals surface area contributed by atoms with Crippen LogP contribution in [0.15, 0.2) is 23.3 Å². The normalized spacial score (nSPS) is 52.5. The van der Waals surface area contributed by atoms with Gasteiger partial charge in [-0.25, -0.2) is 0 Å². The Bertz CT molecular complexity index is 766. The Morgan fingerprint density at radius 2 is 1.96 bits per heavy atom. The van der Waals surface area contributed by atoms with Crippen molar-refractivity contribution in [2.24, 2.45) is 39.4 Å². The summed E-state index contributed by atoms with van der Waals surface area (Å²) < 4.78 is 6.00. The Labute approximate surface area is 163 Å². The van der Waals surface area contributed by atoms with E-state index in [1.54, 1.807) is 11.1 Å². The molecule has 2 bridgehead atoms. The van der Waals surface area contributed by atoms with Gasteiger partial charge in [-0.1, -0.05) is 44.9 Å². The van der Waals surface area contributed by atoms with Crippen molar-refractivity contribution in [2.45, 2.75) is 78.6 Å². The van der Waals surface area contributed by atoms with Crippen LogP contribution in [-0.4, -0.2) is 12.6 Å². The van der Waals surface area contributed by atoms with Crippen LogP contribution >= 0.6 is 0 Å². The molecule has 2 nitrogen and oxygen atoms in total. The van der Waals surface area contributed by atoms with Crippen LogP contribution in [0.1, 0.15) is 78.6 Å². The smallest absolute Gasteiger partial charge is 0.312 e. The highest BCUT2D eigenvalue weighted by Crippen LogP contribution is 2.85. The summed E-state index contributed by atoms with van der Waals surface area (Å²) in [5.41, 5.74) is 4.00. The third kappa shape index (κ3) is 1.78. The number of carbonyl (C=O) groups is 1. The molecule has 3 heterocycles. The number of fused-ring (bicyclic) bond motifs is 3. The molecule has 4 atom stereocenters. The summed E-state index contributed by atoms with van der Waals surface area (Å²) in [6, 6.07) is 0. The first kappa shape index (κ1) is 16.9. The summed E-state index contributed by atoms with van der Waals surface area (Å²) in [4.78, 5) is 13.5. The highest BCUT2D eigenvalue weighted by Gasteiger charge is 2.82. The number of hydrogen-bond donors (Lipinski definition) is 0. The minimum absolute atomic E-state index is 0.178. The molecular formula is C25H34O2. The molecule has 0 amide bonds. The lowest BCUT2D eigenvalue weighted by atomic mass is 9.25. The van der Waals surface area contributed by atoms with Crippen LogP contribution in [-0.2, 0) is 9.53 Å². The molecule has 7 fully saturated rings. The van der Waals surface area contributed by atoms with Crippen LogP contribution in [0.5, 0.6) is 0 Å². The monoisotopic (exact) mass is 366 g/mol.